The second kappa shape index (κ2) is 5.06. The summed E-state index contributed by atoms with van der Waals surface area (Å²) in [4.78, 5) is 0. The molecule has 0 aromatic carbocycles. The largest absolute Gasteiger partial charge is 0.388 e. The quantitative estimate of drug-likeness (QED) is 0.927. The van der Waals surface area contributed by atoms with E-state index >= 15 is 0 Å². The lowest BCUT2D eigenvalue weighted by Crippen LogP contribution is -2.28. The highest BCUT2D eigenvalue weighted by atomic mass is 32.2. The maximum absolute atomic E-state index is 11.5. The van der Waals surface area contributed by atoms with Crippen LogP contribution < -0.4 is 0 Å². The van der Waals surface area contributed by atoms with Crippen LogP contribution in [0.5, 0.6) is 0 Å². The number of fused-ring (bicyclic) bond motifs is 1. The Balaban J connectivity index is 2.44. The average molecular weight is 283 g/mol. The normalized spacial score (nSPS) is 24.8. The van der Waals surface area contributed by atoms with E-state index in [0.717, 1.165) is 18.4 Å². The summed E-state index contributed by atoms with van der Waals surface area (Å²) in [5.41, 5.74) is 3.60. The van der Waals surface area contributed by atoms with Gasteiger partial charge < -0.3 is 9.67 Å². The van der Waals surface area contributed by atoms with E-state index in [4.69, 9.17) is 0 Å². The van der Waals surface area contributed by atoms with Gasteiger partial charge in [0.15, 0.2) is 0 Å². The Morgan fingerprint density at radius 3 is 2.79 bits per heavy atom. The van der Waals surface area contributed by atoms with Crippen LogP contribution in [0.15, 0.2) is 6.07 Å². The Morgan fingerprint density at radius 2 is 2.21 bits per heavy atom. The summed E-state index contributed by atoms with van der Waals surface area (Å²) in [6, 6.07) is 2.32. The van der Waals surface area contributed by atoms with Crippen molar-refractivity contribution in [2.45, 2.75) is 52.7 Å². The second-order valence-corrected chi connectivity index (χ2v) is 8.19. The number of rotatable bonds is 3. The monoisotopic (exact) mass is 283 g/mol. The Hall–Kier alpha value is -0.610. The fourth-order valence-corrected chi connectivity index (χ4v) is 4.22. The molecular weight excluding hydrogens is 258 g/mol. The van der Waals surface area contributed by atoms with Gasteiger partial charge in [-0.05, 0) is 38.2 Å². The zero-order valence-corrected chi connectivity index (χ0v) is 13.4. The van der Waals surface area contributed by atoms with Crippen LogP contribution in [0.25, 0.3) is 0 Å². The molecule has 1 aromatic heterocycles. The summed E-state index contributed by atoms with van der Waals surface area (Å²) in [5, 5.41) is 10.3. The Morgan fingerprint density at radius 1 is 1.58 bits per heavy atom. The van der Waals surface area contributed by atoms with Crippen molar-refractivity contribution in [2.75, 3.05) is 12.0 Å². The third-order valence-corrected chi connectivity index (χ3v) is 4.99. The highest BCUT2D eigenvalue weighted by Crippen LogP contribution is 2.42. The molecule has 0 radical (unpaired) electrons. The van der Waals surface area contributed by atoms with Crippen LogP contribution in [0, 0.1) is 12.3 Å². The third kappa shape index (κ3) is 2.95. The molecule has 1 heterocycles. The van der Waals surface area contributed by atoms with E-state index in [2.05, 4.69) is 38.3 Å². The van der Waals surface area contributed by atoms with Gasteiger partial charge in [-0.3, -0.25) is 4.21 Å². The molecule has 0 aliphatic heterocycles. The van der Waals surface area contributed by atoms with Gasteiger partial charge in [0.1, 0.15) is 0 Å². The van der Waals surface area contributed by atoms with Crippen molar-refractivity contribution in [2.24, 2.45) is 5.41 Å². The van der Waals surface area contributed by atoms with Crippen LogP contribution in [-0.4, -0.2) is 25.9 Å². The highest BCUT2D eigenvalue weighted by molar-refractivity contribution is 7.84. The maximum Gasteiger partial charge on any atom is 0.0812 e. The summed E-state index contributed by atoms with van der Waals surface area (Å²) < 4.78 is 13.7. The van der Waals surface area contributed by atoms with E-state index in [0.29, 0.717) is 5.75 Å². The van der Waals surface area contributed by atoms with Crippen LogP contribution >= 0.6 is 0 Å². The number of aromatic nitrogens is 1. The fraction of sp³-hybridized carbons (Fsp3) is 0.733. The minimum absolute atomic E-state index is 0.125. The van der Waals surface area contributed by atoms with Gasteiger partial charge in [0.25, 0.3) is 0 Å². The van der Waals surface area contributed by atoms with Crippen molar-refractivity contribution in [3.05, 3.63) is 23.0 Å². The van der Waals surface area contributed by atoms with E-state index in [9.17, 15) is 9.32 Å². The van der Waals surface area contributed by atoms with Crippen LogP contribution in [0.4, 0.5) is 0 Å². The number of nitrogens with zero attached hydrogens (tertiary/aromatic N) is 1. The lowest BCUT2D eigenvalue weighted by atomic mass is 9.75. The topological polar surface area (TPSA) is 42.2 Å². The number of hydrogen-bond acceptors (Lipinski definition) is 2. The standard InChI is InChI=1S/C15H25NO2S/c1-10-6-12-13(7-15(3,4)8-14(12)17)16(10)11(2)9-19(5)18/h6,11,14,17H,7-9H2,1-5H3. The Labute approximate surface area is 118 Å². The van der Waals surface area contributed by atoms with Gasteiger partial charge in [-0.25, -0.2) is 0 Å². The predicted octanol–water partition coefficient (Wildman–Crippen LogP) is 2.74. The van der Waals surface area contributed by atoms with E-state index in [-0.39, 0.29) is 17.6 Å². The van der Waals surface area contributed by atoms with Gasteiger partial charge in [-0.1, -0.05) is 13.8 Å². The van der Waals surface area contributed by atoms with Gasteiger partial charge in [-0.15, -0.1) is 0 Å². The first kappa shape index (κ1) is 14.8. The van der Waals surface area contributed by atoms with E-state index in [1.807, 2.05) is 0 Å². The van der Waals surface area contributed by atoms with Crippen molar-refractivity contribution >= 4 is 10.8 Å². The molecule has 1 N–H and O–H groups in total. The minimum atomic E-state index is -0.801. The van der Waals surface area contributed by atoms with Gasteiger partial charge >= 0.3 is 0 Å². The fourth-order valence-electron chi connectivity index (χ4n) is 3.39. The SMILES string of the molecule is Cc1cc2c(n1C(C)CS(C)=O)CC(C)(C)CC2O. The Bertz CT molecular complexity index is 504. The first-order valence-corrected chi connectivity index (χ1v) is 8.62. The molecule has 19 heavy (non-hydrogen) atoms. The van der Waals surface area contributed by atoms with Crippen LogP contribution in [0.1, 0.15) is 56.3 Å². The van der Waals surface area contributed by atoms with Gasteiger partial charge in [0, 0.05) is 45.8 Å². The molecule has 0 saturated carbocycles. The maximum atomic E-state index is 11.5. The first-order valence-electron chi connectivity index (χ1n) is 6.90. The predicted molar refractivity (Wildman–Crippen MR) is 79.9 cm³/mol. The average Bonchev–Trinajstić information content (AvgIpc) is 2.52. The summed E-state index contributed by atoms with van der Waals surface area (Å²) in [6.07, 6.45) is 3.18. The molecule has 1 aromatic rings. The van der Waals surface area contributed by atoms with Crippen molar-refractivity contribution in [1.29, 1.82) is 0 Å². The molecule has 1 aliphatic rings. The summed E-state index contributed by atoms with van der Waals surface area (Å²) in [6.45, 7) is 8.60. The molecule has 0 fully saturated rings. The second-order valence-electron chi connectivity index (χ2n) is 6.71. The van der Waals surface area contributed by atoms with Crippen molar-refractivity contribution in [3.63, 3.8) is 0 Å². The molecule has 4 heteroatoms. The number of aryl methyl sites for hydroxylation is 1. The van der Waals surface area contributed by atoms with Crippen molar-refractivity contribution in [1.82, 2.24) is 4.57 Å². The van der Waals surface area contributed by atoms with Crippen molar-refractivity contribution in [3.8, 4) is 0 Å². The molecule has 3 unspecified atom stereocenters. The number of aliphatic hydroxyl groups excluding tert-OH is 1. The third-order valence-electron chi connectivity index (χ3n) is 4.04. The molecular formula is C15H25NO2S. The zero-order chi connectivity index (χ0) is 14.4. The molecule has 3 atom stereocenters. The summed E-state index contributed by atoms with van der Waals surface area (Å²) >= 11 is 0. The molecule has 3 nitrogen and oxygen atoms in total. The molecule has 0 bridgehead atoms. The molecule has 1 aliphatic carbocycles. The molecule has 0 amide bonds. The smallest absolute Gasteiger partial charge is 0.0812 e. The Kier molecular flexibility index (Phi) is 3.94. The first-order chi connectivity index (χ1) is 8.71. The van der Waals surface area contributed by atoms with E-state index in [1.54, 1.807) is 6.26 Å². The van der Waals surface area contributed by atoms with Crippen LogP contribution in [-0.2, 0) is 17.2 Å². The molecule has 2 rings (SSSR count). The van der Waals surface area contributed by atoms with E-state index < -0.39 is 10.8 Å². The van der Waals surface area contributed by atoms with Gasteiger partial charge in [0.2, 0.25) is 0 Å². The van der Waals surface area contributed by atoms with Crippen LogP contribution in [0.3, 0.4) is 0 Å². The van der Waals surface area contributed by atoms with E-state index in [1.165, 1.54) is 11.4 Å². The summed E-state index contributed by atoms with van der Waals surface area (Å²) in [5.74, 6) is 0.665. The van der Waals surface area contributed by atoms with Gasteiger partial charge in [0.05, 0.1) is 6.10 Å². The lowest BCUT2D eigenvalue weighted by molar-refractivity contribution is 0.0977. The van der Waals surface area contributed by atoms with Crippen molar-refractivity contribution < 1.29 is 9.32 Å². The molecule has 0 saturated heterocycles. The molecule has 0 spiro atoms. The van der Waals surface area contributed by atoms with Gasteiger partial charge in [-0.2, -0.15) is 0 Å². The van der Waals surface area contributed by atoms with Crippen LogP contribution in [0.2, 0.25) is 0 Å². The lowest BCUT2D eigenvalue weighted by Gasteiger charge is -2.34. The number of aliphatic hydroxyl groups is 1. The number of hydrogen-bond donors (Lipinski definition) is 1. The molecule has 108 valence electrons. The zero-order valence-electron chi connectivity index (χ0n) is 12.6. The highest BCUT2D eigenvalue weighted by Gasteiger charge is 2.34. The minimum Gasteiger partial charge on any atom is -0.388 e. The summed E-state index contributed by atoms with van der Waals surface area (Å²) in [7, 11) is -0.801.